The van der Waals surface area contributed by atoms with Gasteiger partial charge in [0.15, 0.2) is 24.8 Å². The van der Waals surface area contributed by atoms with Crippen LogP contribution >= 0.6 is 0 Å². The molecule has 0 heterocycles. The second-order valence-electron chi connectivity index (χ2n) is 9.34. The Morgan fingerprint density at radius 1 is 0.449 bits per heavy atom. The number of alkyl halides is 17. The molecule has 0 aliphatic carbocycles. The van der Waals surface area contributed by atoms with Crippen LogP contribution in [0.2, 0.25) is 0 Å². The molecule has 23 heteroatoms. The van der Waals surface area contributed by atoms with E-state index in [9.17, 15) is 92.7 Å². The Morgan fingerprint density at radius 3 is 1.04 bits per heavy atom. The summed E-state index contributed by atoms with van der Waals surface area (Å²) in [4.78, 5) is 3.77. The molecule has 0 aromatic heterocycles. The fourth-order valence-electron chi connectivity index (χ4n) is 3.41. The highest BCUT2D eigenvalue weighted by Crippen LogP contribution is 2.64. The molecular formula is C26H15F17O4S2. The summed E-state index contributed by atoms with van der Waals surface area (Å²) in [7, 11) is -8.28. The summed E-state index contributed by atoms with van der Waals surface area (Å²) < 4.78 is 244. The van der Waals surface area contributed by atoms with Crippen LogP contribution in [0, 0.1) is 0 Å². The van der Waals surface area contributed by atoms with Gasteiger partial charge in [0.05, 0.1) is 10.9 Å². The minimum absolute atomic E-state index is 0.134. The van der Waals surface area contributed by atoms with E-state index in [4.69, 9.17) is 0 Å². The van der Waals surface area contributed by atoms with Crippen LogP contribution in [-0.2, 0) is 21.0 Å². The number of phenols is 1. The lowest BCUT2D eigenvalue weighted by atomic mass is 9.91. The van der Waals surface area contributed by atoms with E-state index < -0.39 is 57.1 Å². The molecule has 0 unspecified atom stereocenters. The van der Waals surface area contributed by atoms with Gasteiger partial charge < -0.3 is 9.66 Å². The van der Waals surface area contributed by atoms with Gasteiger partial charge in [-0.25, -0.2) is 8.42 Å². The lowest BCUT2D eigenvalue weighted by molar-refractivity contribution is -0.458. The van der Waals surface area contributed by atoms with Crippen molar-refractivity contribution in [3.8, 4) is 5.75 Å². The maximum atomic E-state index is 13.0. The van der Waals surface area contributed by atoms with Crippen molar-refractivity contribution >= 4 is 21.0 Å². The predicted octanol–water partition coefficient (Wildman–Crippen LogP) is 8.99. The van der Waals surface area contributed by atoms with E-state index in [1.54, 1.807) is 12.1 Å². The quantitative estimate of drug-likeness (QED) is 0.127. The van der Waals surface area contributed by atoms with E-state index in [1.165, 1.54) is 14.7 Å². The average Bonchev–Trinajstić information content (AvgIpc) is 2.98. The molecule has 49 heavy (non-hydrogen) atoms. The van der Waals surface area contributed by atoms with E-state index in [0.29, 0.717) is 5.75 Å². The molecular weight excluding hydrogens is 763 g/mol. The summed E-state index contributed by atoms with van der Waals surface area (Å²) in [6.07, 6.45) is -7.89. The number of halogens is 17. The summed E-state index contributed by atoms with van der Waals surface area (Å²) in [6, 6.07) is 28.5. The lowest BCUT2D eigenvalue weighted by Crippen LogP contribution is -2.75. The van der Waals surface area contributed by atoms with Gasteiger partial charge in [0.1, 0.15) is 5.75 Å². The first kappa shape index (κ1) is 41.7. The standard InChI is InChI=1S/C18H14OS.C8HF17O3S/c19-15-11-13-18(14-12-15)20(16-7-3-1-4-8-16)17-9-5-2-6-10-17;9-1(10,3(13,14)5(17,18)7(21,22)23)2(11,12)4(15,16)6(19,20)8(24,25)29(26,27)28/h1-14H;(H,26,27,28). The number of rotatable bonds is 10. The number of hydrogen-bond donors (Lipinski definition) is 1. The van der Waals surface area contributed by atoms with Crippen LogP contribution in [-0.4, -0.2) is 65.0 Å². The Bertz CT molecular complexity index is 1630. The average molecular weight is 779 g/mol. The van der Waals surface area contributed by atoms with Gasteiger partial charge in [0.25, 0.3) is 0 Å². The molecule has 0 aliphatic rings. The first-order valence-electron chi connectivity index (χ1n) is 12.1. The Balaban J connectivity index is 0.000000360. The zero-order valence-electron chi connectivity index (χ0n) is 23.0. The smallest absolute Gasteiger partial charge is 0.460 e. The van der Waals surface area contributed by atoms with Crippen molar-refractivity contribution in [3.05, 3.63) is 84.9 Å². The van der Waals surface area contributed by atoms with Crippen molar-refractivity contribution in [1.29, 1.82) is 0 Å². The highest BCUT2D eigenvalue weighted by atomic mass is 32.2. The molecule has 0 aliphatic heterocycles. The van der Waals surface area contributed by atoms with Crippen molar-refractivity contribution in [2.75, 3.05) is 0 Å². The molecule has 0 spiro atoms. The monoisotopic (exact) mass is 778 g/mol. The van der Waals surface area contributed by atoms with Gasteiger partial charge in [-0.3, -0.25) is 0 Å². The highest BCUT2D eigenvalue weighted by molar-refractivity contribution is 7.97. The van der Waals surface area contributed by atoms with Gasteiger partial charge in [-0.2, -0.15) is 74.6 Å². The van der Waals surface area contributed by atoms with Crippen LogP contribution in [0.4, 0.5) is 74.6 Å². The summed E-state index contributed by atoms with van der Waals surface area (Å²) in [6.45, 7) is 0. The zero-order valence-corrected chi connectivity index (χ0v) is 24.6. The molecule has 0 fully saturated rings. The molecule has 3 aromatic rings. The maximum absolute atomic E-state index is 13.0. The molecule has 4 nitrogen and oxygen atoms in total. The molecule has 3 rings (SSSR count). The number of hydrogen-bond acceptors (Lipinski definition) is 4. The van der Waals surface area contributed by atoms with Crippen LogP contribution in [0.3, 0.4) is 0 Å². The van der Waals surface area contributed by atoms with Gasteiger partial charge in [0, 0.05) is 0 Å². The second-order valence-corrected chi connectivity index (χ2v) is 12.8. The van der Waals surface area contributed by atoms with Crippen molar-refractivity contribution in [3.63, 3.8) is 0 Å². The van der Waals surface area contributed by atoms with Crippen LogP contribution in [0.1, 0.15) is 0 Å². The molecule has 274 valence electrons. The third-order valence-electron chi connectivity index (χ3n) is 6.04. The third-order valence-corrected chi connectivity index (χ3v) is 9.15. The zero-order chi connectivity index (χ0) is 38.3. The predicted molar refractivity (Wildman–Crippen MR) is 134 cm³/mol. The van der Waals surface area contributed by atoms with E-state index in [2.05, 4.69) is 48.5 Å². The maximum Gasteiger partial charge on any atom is 0.460 e. The number of benzene rings is 3. The molecule has 3 aromatic carbocycles. The Labute approximate surface area is 266 Å². The van der Waals surface area contributed by atoms with E-state index in [-0.39, 0.29) is 10.9 Å². The molecule has 1 N–H and O–H groups in total. The van der Waals surface area contributed by atoms with Crippen LogP contribution in [0.25, 0.3) is 0 Å². The molecule has 0 atom stereocenters. The van der Waals surface area contributed by atoms with Gasteiger partial charge in [-0.05, 0) is 48.5 Å². The fourth-order valence-corrected chi connectivity index (χ4v) is 5.94. The van der Waals surface area contributed by atoms with Crippen molar-refractivity contribution in [2.45, 2.75) is 61.7 Å². The highest BCUT2D eigenvalue weighted by Gasteiger charge is 2.95. The number of phenolic OH excluding ortho intramolecular Hbond substituents is 1. The van der Waals surface area contributed by atoms with Crippen LogP contribution in [0.15, 0.2) is 99.6 Å². The van der Waals surface area contributed by atoms with Crippen LogP contribution < -0.4 is 0 Å². The summed E-state index contributed by atoms with van der Waals surface area (Å²) in [5.41, 5.74) is 0. The SMILES string of the molecule is O=S(=O)([O-])C(F)(F)C(F)(F)C(F)(F)C(F)(F)C(F)(F)C(F)(F)C(F)(F)C(F)(F)F.Oc1ccc([S+](c2ccccc2)c2ccccc2)cc1. The summed E-state index contributed by atoms with van der Waals surface area (Å²) in [5.74, 6) is -51.8. The van der Waals surface area contributed by atoms with Gasteiger partial charge in [0.2, 0.25) is 0 Å². The molecule has 0 saturated heterocycles. The largest absolute Gasteiger partial charge is 0.743 e. The van der Waals surface area contributed by atoms with Crippen molar-refractivity contribution in [1.82, 2.24) is 0 Å². The minimum Gasteiger partial charge on any atom is -0.743 e. The van der Waals surface area contributed by atoms with Crippen molar-refractivity contribution in [2.24, 2.45) is 0 Å². The van der Waals surface area contributed by atoms with E-state index in [1.807, 2.05) is 24.3 Å². The Morgan fingerprint density at radius 2 is 0.735 bits per heavy atom. The number of aromatic hydroxyl groups is 1. The van der Waals surface area contributed by atoms with E-state index in [0.717, 1.165) is 0 Å². The molecule has 0 saturated carbocycles. The Hall–Kier alpha value is -3.47. The van der Waals surface area contributed by atoms with Gasteiger partial charge in [-0.1, -0.05) is 36.4 Å². The first-order valence-corrected chi connectivity index (χ1v) is 14.8. The van der Waals surface area contributed by atoms with Gasteiger partial charge >= 0.3 is 47.0 Å². The van der Waals surface area contributed by atoms with E-state index >= 15 is 0 Å². The topological polar surface area (TPSA) is 77.4 Å². The summed E-state index contributed by atoms with van der Waals surface area (Å²) in [5, 5.41) is 1.53. The molecule has 0 amide bonds. The lowest BCUT2D eigenvalue weighted by Gasteiger charge is -2.42. The normalized spacial score (nSPS) is 14.3. The third kappa shape index (κ3) is 7.10. The summed E-state index contributed by atoms with van der Waals surface area (Å²) >= 11 is 0. The minimum atomic E-state index is -8.92. The first-order chi connectivity index (χ1) is 21.8. The molecule has 0 radical (unpaired) electrons. The van der Waals surface area contributed by atoms with Gasteiger partial charge in [-0.15, -0.1) is 0 Å². The molecule has 0 bridgehead atoms. The van der Waals surface area contributed by atoms with Crippen molar-refractivity contribution < 1.29 is 92.7 Å². The Kier molecular flexibility index (Phi) is 11.4. The fraction of sp³-hybridized carbons (Fsp3) is 0.308. The second kappa shape index (κ2) is 13.3. The van der Waals surface area contributed by atoms with Crippen LogP contribution in [0.5, 0.6) is 5.75 Å².